The van der Waals surface area contributed by atoms with Crippen LogP contribution >= 0.6 is 22.6 Å². The molecule has 144 valence electrons. The molecule has 0 amide bonds. The number of aliphatic imine (C=N–C) groups is 1. The first-order valence-electron chi connectivity index (χ1n) is 8.90. The third kappa shape index (κ3) is 2.46. The Bertz CT molecular complexity index is 1140. The number of nitriles is 1. The second kappa shape index (κ2) is 6.27. The summed E-state index contributed by atoms with van der Waals surface area (Å²) in [6.45, 7) is 0.618. The van der Waals surface area contributed by atoms with Crippen molar-refractivity contribution in [2.45, 2.75) is 35.6 Å². The van der Waals surface area contributed by atoms with E-state index in [2.05, 4.69) is 43.5 Å². The summed E-state index contributed by atoms with van der Waals surface area (Å²) in [5.41, 5.74) is 1.49. The van der Waals surface area contributed by atoms with Gasteiger partial charge in [0.25, 0.3) is 10.0 Å². The number of halogens is 1. The molecule has 1 aromatic heterocycles. The van der Waals surface area contributed by atoms with Crippen LogP contribution in [0.2, 0.25) is 0 Å². The largest absolute Gasteiger partial charge is 0.351 e. The predicted molar refractivity (Wildman–Crippen MR) is 110 cm³/mol. The van der Waals surface area contributed by atoms with Gasteiger partial charge in [0, 0.05) is 16.8 Å². The molecule has 2 bridgehead atoms. The number of hydrogen-bond donors (Lipinski definition) is 0. The van der Waals surface area contributed by atoms with Crippen molar-refractivity contribution in [1.29, 1.82) is 5.26 Å². The van der Waals surface area contributed by atoms with Gasteiger partial charge in [-0.25, -0.2) is 13.4 Å². The van der Waals surface area contributed by atoms with Gasteiger partial charge >= 0.3 is 0 Å². The van der Waals surface area contributed by atoms with Crippen LogP contribution in [-0.4, -0.2) is 58.2 Å². The van der Waals surface area contributed by atoms with Crippen molar-refractivity contribution in [2.75, 3.05) is 6.54 Å². The Kier molecular flexibility index (Phi) is 4.05. The molecule has 0 radical (unpaired) electrons. The molecule has 28 heavy (non-hydrogen) atoms. The van der Waals surface area contributed by atoms with E-state index in [0.29, 0.717) is 12.1 Å². The van der Waals surface area contributed by atoms with Crippen LogP contribution < -0.4 is 0 Å². The standard InChI is InChI=1S/C18H17IN6O2S/c1-23-8-17(22-10-23)28(26,27)25-14-5-15(24-9-21-7-16(14)24)18(25)11-2-3-12(6-20)13(19)4-11/h2-4,8-10,14-16,18H,5,7H2,1H3. The van der Waals surface area contributed by atoms with E-state index < -0.39 is 10.0 Å². The third-order valence-electron chi connectivity index (χ3n) is 5.84. The smallest absolute Gasteiger partial charge is 0.263 e. The number of benzene rings is 1. The number of hydrogen-bond acceptors (Lipinski definition) is 6. The topological polar surface area (TPSA) is 94.6 Å². The molecule has 4 atom stereocenters. The average Bonchev–Trinajstić information content (AvgIpc) is 3.42. The Morgan fingerprint density at radius 2 is 2.11 bits per heavy atom. The van der Waals surface area contributed by atoms with E-state index in [4.69, 9.17) is 0 Å². The molecule has 0 N–H and O–H groups in total. The first-order chi connectivity index (χ1) is 13.4. The highest BCUT2D eigenvalue weighted by Crippen LogP contribution is 2.50. The molecule has 2 aromatic rings. The highest BCUT2D eigenvalue weighted by Gasteiger charge is 2.60. The van der Waals surface area contributed by atoms with Gasteiger partial charge in [0.1, 0.15) is 6.07 Å². The summed E-state index contributed by atoms with van der Waals surface area (Å²) in [6, 6.07) is 7.37. The SMILES string of the molecule is Cn1cnc(S(=O)(=O)N2C3CC(C2c2ccc(C#N)c(I)c2)N2C=NCC32)c1. The Hall–Kier alpha value is -1.97. The maximum absolute atomic E-state index is 13.6. The first-order valence-corrected chi connectivity index (χ1v) is 11.4. The average molecular weight is 508 g/mol. The second-order valence-corrected chi connectivity index (χ2v) is 10.3. The van der Waals surface area contributed by atoms with Crippen LogP contribution in [0.15, 0.2) is 40.7 Å². The molecule has 2 fully saturated rings. The van der Waals surface area contributed by atoms with E-state index in [0.717, 1.165) is 15.6 Å². The molecule has 4 heterocycles. The first kappa shape index (κ1) is 18.1. The molecular formula is C18H17IN6O2S. The van der Waals surface area contributed by atoms with E-state index >= 15 is 0 Å². The number of piperazine rings is 1. The van der Waals surface area contributed by atoms with Gasteiger partial charge in [-0.2, -0.15) is 9.57 Å². The fourth-order valence-corrected chi connectivity index (χ4v) is 7.18. The maximum atomic E-state index is 13.6. The van der Waals surface area contributed by atoms with Crippen molar-refractivity contribution < 1.29 is 8.42 Å². The fraction of sp³-hybridized carbons (Fsp3) is 0.389. The Labute approximate surface area is 176 Å². The summed E-state index contributed by atoms with van der Waals surface area (Å²) >= 11 is 2.13. The van der Waals surface area contributed by atoms with Crippen LogP contribution in [0.25, 0.3) is 0 Å². The zero-order valence-corrected chi connectivity index (χ0v) is 17.9. The molecule has 10 heteroatoms. The van der Waals surface area contributed by atoms with Crippen molar-refractivity contribution in [2.24, 2.45) is 12.0 Å². The Morgan fingerprint density at radius 1 is 1.29 bits per heavy atom. The molecule has 3 aliphatic heterocycles. The van der Waals surface area contributed by atoms with Crippen LogP contribution in [0.5, 0.6) is 0 Å². The lowest BCUT2D eigenvalue weighted by Gasteiger charge is -2.41. The molecular weight excluding hydrogens is 491 g/mol. The minimum atomic E-state index is -3.76. The minimum Gasteiger partial charge on any atom is -0.351 e. The van der Waals surface area contributed by atoms with Crippen molar-refractivity contribution >= 4 is 39.0 Å². The zero-order chi connectivity index (χ0) is 19.6. The van der Waals surface area contributed by atoms with Gasteiger partial charge in [-0.1, -0.05) is 6.07 Å². The molecule has 3 aliphatic rings. The number of nitrogens with zero attached hydrogens (tertiary/aromatic N) is 6. The Morgan fingerprint density at radius 3 is 2.79 bits per heavy atom. The van der Waals surface area contributed by atoms with Crippen molar-refractivity contribution in [3.05, 3.63) is 45.4 Å². The summed E-state index contributed by atoms with van der Waals surface area (Å²) in [5, 5.41) is 9.31. The lowest BCUT2D eigenvalue weighted by atomic mass is 9.99. The van der Waals surface area contributed by atoms with Crippen LogP contribution in [-0.2, 0) is 17.1 Å². The summed E-state index contributed by atoms with van der Waals surface area (Å²) < 4.78 is 31.2. The quantitative estimate of drug-likeness (QED) is 0.586. The number of imidazole rings is 1. The summed E-state index contributed by atoms with van der Waals surface area (Å²) in [7, 11) is -2.00. The van der Waals surface area contributed by atoms with Gasteiger partial charge in [-0.15, -0.1) is 0 Å². The molecule has 2 saturated heterocycles. The molecule has 0 saturated carbocycles. The number of rotatable bonds is 3. The zero-order valence-electron chi connectivity index (χ0n) is 15.0. The second-order valence-electron chi connectivity index (χ2n) is 7.37. The van der Waals surface area contributed by atoms with Gasteiger partial charge in [0.2, 0.25) is 0 Å². The summed E-state index contributed by atoms with van der Waals surface area (Å²) in [6.07, 6.45) is 5.68. The summed E-state index contributed by atoms with van der Waals surface area (Å²) in [4.78, 5) is 10.7. The lowest BCUT2D eigenvalue weighted by Crippen LogP contribution is -2.54. The third-order valence-corrected chi connectivity index (χ3v) is 8.53. The molecule has 1 aromatic carbocycles. The van der Waals surface area contributed by atoms with Crippen molar-refractivity contribution in [3.63, 3.8) is 0 Å². The highest BCUT2D eigenvalue weighted by atomic mass is 127. The van der Waals surface area contributed by atoms with Gasteiger partial charge < -0.3 is 9.47 Å². The Balaban J connectivity index is 1.64. The van der Waals surface area contributed by atoms with Gasteiger partial charge in [-0.3, -0.25) is 4.99 Å². The van der Waals surface area contributed by atoms with E-state index in [-0.39, 0.29) is 29.2 Å². The van der Waals surface area contributed by atoms with Crippen LogP contribution in [0.4, 0.5) is 0 Å². The fourth-order valence-electron chi connectivity index (χ4n) is 4.68. The highest BCUT2D eigenvalue weighted by molar-refractivity contribution is 14.1. The van der Waals surface area contributed by atoms with E-state index in [1.165, 1.54) is 6.33 Å². The monoisotopic (exact) mass is 508 g/mol. The maximum Gasteiger partial charge on any atom is 0.263 e. The summed E-state index contributed by atoms with van der Waals surface area (Å²) in [5.74, 6) is 0. The number of aromatic nitrogens is 2. The number of sulfonamides is 1. The van der Waals surface area contributed by atoms with Crippen LogP contribution in [0.1, 0.15) is 23.6 Å². The van der Waals surface area contributed by atoms with Crippen LogP contribution in [0, 0.1) is 14.9 Å². The van der Waals surface area contributed by atoms with Crippen molar-refractivity contribution in [1.82, 2.24) is 18.8 Å². The number of aryl methyl sites for hydroxylation is 1. The molecule has 0 spiro atoms. The van der Waals surface area contributed by atoms with Gasteiger partial charge in [0.05, 0.1) is 48.9 Å². The molecule has 5 rings (SSSR count). The molecule has 8 nitrogen and oxygen atoms in total. The molecule has 0 aliphatic carbocycles. The van der Waals surface area contributed by atoms with Gasteiger partial charge in [-0.05, 0) is 46.7 Å². The predicted octanol–water partition coefficient (Wildman–Crippen LogP) is 1.50. The lowest BCUT2D eigenvalue weighted by molar-refractivity contribution is 0.150. The van der Waals surface area contributed by atoms with E-state index in [9.17, 15) is 13.7 Å². The van der Waals surface area contributed by atoms with Crippen molar-refractivity contribution in [3.8, 4) is 6.07 Å². The van der Waals surface area contributed by atoms with Gasteiger partial charge in [0.15, 0.2) is 5.03 Å². The number of fused-ring (bicyclic) bond motifs is 5. The normalized spacial score (nSPS) is 28.7. The minimum absolute atomic E-state index is 0.0310. The molecule has 4 unspecified atom stereocenters. The van der Waals surface area contributed by atoms with Crippen LogP contribution in [0.3, 0.4) is 0 Å². The van der Waals surface area contributed by atoms with E-state index in [1.54, 1.807) is 28.2 Å². The van der Waals surface area contributed by atoms with E-state index in [1.807, 2.05) is 18.5 Å².